The second-order valence-electron chi connectivity index (χ2n) is 8.51. The average Bonchev–Trinajstić information content (AvgIpc) is 3.12. The van der Waals surface area contributed by atoms with Crippen LogP contribution >= 0.6 is 0 Å². The second kappa shape index (κ2) is 8.60. The normalized spacial score (nSPS) is 24.2. The fraction of sp³-hybridized carbons (Fsp3) is 0.522. The molecule has 1 aromatic heterocycles. The van der Waals surface area contributed by atoms with Gasteiger partial charge in [-0.2, -0.15) is 5.10 Å². The van der Waals surface area contributed by atoms with Crippen LogP contribution in [0.15, 0.2) is 36.5 Å². The van der Waals surface area contributed by atoms with Gasteiger partial charge in [-0.25, -0.2) is 0 Å². The van der Waals surface area contributed by atoms with Crippen LogP contribution in [0.1, 0.15) is 43.0 Å². The maximum atomic E-state index is 13.4. The van der Waals surface area contributed by atoms with Crippen LogP contribution in [0.4, 0.5) is 0 Å². The van der Waals surface area contributed by atoms with Gasteiger partial charge < -0.3 is 10.6 Å². The van der Waals surface area contributed by atoms with Gasteiger partial charge in [0.05, 0.1) is 11.6 Å². The summed E-state index contributed by atoms with van der Waals surface area (Å²) in [4.78, 5) is 27.8. The third kappa shape index (κ3) is 3.99. The predicted molar refractivity (Wildman–Crippen MR) is 114 cm³/mol. The first-order chi connectivity index (χ1) is 14.5. The van der Waals surface area contributed by atoms with E-state index in [0.29, 0.717) is 25.9 Å². The summed E-state index contributed by atoms with van der Waals surface area (Å²) in [5.41, 5.74) is 2.87. The Balaban J connectivity index is 1.51. The van der Waals surface area contributed by atoms with Gasteiger partial charge in [0.25, 0.3) is 0 Å². The SMILES string of the molecule is CCn1ncc(CN2CC[C@H]3NC(=O)CC[C@]3(C(=O)NCc3ccccc3)C2)c1C. The van der Waals surface area contributed by atoms with Gasteiger partial charge in [0.1, 0.15) is 0 Å². The van der Waals surface area contributed by atoms with E-state index in [1.165, 1.54) is 11.3 Å². The number of aryl methyl sites for hydroxylation is 1. The maximum absolute atomic E-state index is 13.4. The zero-order chi connectivity index (χ0) is 21.1. The van der Waals surface area contributed by atoms with Crippen LogP contribution in [0, 0.1) is 12.3 Å². The van der Waals surface area contributed by atoms with Gasteiger partial charge in [0.2, 0.25) is 11.8 Å². The number of aromatic nitrogens is 2. The Labute approximate surface area is 177 Å². The zero-order valence-corrected chi connectivity index (χ0v) is 17.9. The lowest BCUT2D eigenvalue weighted by molar-refractivity contribution is -0.144. The van der Waals surface area contributed by atoms with E-state index < -0.39 is 5.41 Å². The molecule has 2 N–H and O–H groups in total. The summed E-state index contributed by atoms with van der Waals surface area (Å²) in [6.45, 7) is 7.83. The Hall–Kier alpha value is -2.67. The first-order valence-electron chi connectivity index (χ1n) is 10.9. The lowest BCUT2D eigenvalue weighted by Crippen LogP contribution is -2.66. The van der Waals surface area contributed by atoms with E-state index in [-0.39, 0.29) is 17.9 Å². The number of rotatable bonds is 6. The molecule has 0 bridgehead atoms. The summed E-state index contributed by atoms with van der Waals surface area (Å²) in [6, 6.07) is 9.84. The largest absolute Gasteiger partial charge is 0.352 e. The number of nitrogens with zero attached hydrogens (tertiary/aromatic N) is 3. The summed E-state index contributed by atoms with van der Waals surface area (Å²) in [5.74, 6) is 0.0991. The van der Waals surface area contributed by atoms with E-state index in [2.05, 4.69) is 34.5 Å². The van der Waals surface area contributed by atoms with E-state index >= 15 is 0 Å². The Bertz CT molecular complexity index is 910. The average molecular weight is 410 g/mol. The fourth-order valence-electron chi connectivity index (χ4n) is 4.88. The van der Waals surface area contributed by atoms with E-state index in [4.69, 9.17) is 0 Å². The van der Waals surface area contributed by atoms with E-state index in [0.717, 1.165) is 31.6 Å². The minimum absolute atomic E-state index is 0.0435. The third-order valence-electron chi connectivity index (χ3n) is 6.69. The Kier molecular flexibility index (Phi) is 5.90. The number of piperidine rings is 2. The molecule has 0 unspecified atom stereocenters. The van der Waals surface area contributed by atoms with Gasteiger partial charge in [-0.05, 0) is 32.3 Å². The molecule has 0 radical (unpaired) electrons. The quantitative estimate of drug-likeness (QED) is 0.765. The number of likely N-dealkylation sites (tertiary alicyclic amines) is 1. The van der Waals surface area contributed by atoms with Gasteiger partial charge in [0, 0.05) is 56.4 Å². The zero-order valence-electron chi connectivity index (χ0n) is 17.9. The van der Waals surface area contributed by atoms with Crippen LogP contribution in [-0.4, -0.2) is 45.6 Å². The Morgan fingerprint density at radius 3 is 2.87 bits per heavy atom. The highest BCUT2D eigenvalue weighted by molar-refractivity contribution is 5.88. The van der Waals surface area contributed by atoms with Crippen LogP contribution in [-0.2, 0) is 29.2 Å². The molecule has 2 aliphatic heterocycles. The third-order valence-corrected chi connectivity index (χ3v) is 6.69. The topological polar surface area (TPSA) is 79.3 Å². The summed E-state index contributed by atoms with van der Waals surface area (Å²) in [7, 11) is 0. The van der Waals surface area contributed by atoms with Gasteiger partial charge >= 0.3 is 0 Å². The molecule has 2 aromatic rings. The highest BCUT2D eigenvalue weighted by atomic mass is 16.2. The van der Waals surface area contributed by atoms with Crippen molar-refractivity contribution in [3.63, 3.8) is 0 Å². The lowest BCUT2D eigenvalue weighted by Gasteiger charge is -2.49. The summed E-state index contributed by atoms with van der Waals surface area (Å²) >= 11 is 0. The molecule has 2 atom stereocenters. The summed E-state index contributed by atoms with van der Waals surface area (Å²) in [6.07, 6.45) is 3.71. The minimum Gasteiger partial charge on any atom is -0.352 e. The number of carbonyl (C=O) groups is 2. The number of hydrogen-bond acceptors (Lipinski definition) is 4. The van der Waals surface area contributed by atoms with E-state index in [1.807, 2.05) is 41.2 Å². The van der Waals surface area contributed by atoms with Crippen molar-refractivity contribution in [1.82, 2.24) is 25.3 Å². The number of carbonyl (C=O) groups excluding carboxylic acids is 2. The van der Waals surface area contributed by atoms with Gasteiger partial charge in [0.15, 0.2) is 0 Å². The van der Waals surface area contributed by atoms with Crippen LogP contribution in [0.3, 0.4) is 0 Å². The van der Waals surface area contributed by atoms with Crippen molar-refractivity contribution < 1.29 is 9.59 Å². The molecule has 3 heterocycles. The Morgan fingerprint density at radius 1 is 1.33 bits per heavy atom. The molecule has 4 rings (SSSR count). The molecule has 2 saturated heterocycles. The summed E-state index contributed by atoms with van der Waals surface area (Å²) < 4.78 is 2.01. The predicted octanol–water partition coefficient (Wildman–Crippen LogP) is 2.00. The maximum Gasteiger partial charge on any atom is 0.229 e. The van der Waals surface area contributed by atoms with Crippen molar-refractivity contribution in [2.45, 2.75) is 58.8 Å². The van der Waals surface area contributed by atoms with Gasteiger partial charge in [-0.3, -0.25) is 19.2 Å². The highest BCUT2D eigenvalue weighted by Gasteiger charge is 2.51. The van der Waals surface area contributed by atoms with E-state index in [9.17, 15) is 9.59 Å². The highest BCUT2D eigenvalue weighted by Crippen LogP contribution is 2.39. The van der Waals surface area contributed by atoms with Crippen LogP contribution in [0.2, 0.25) is 0 Å². The molecular formula is C23H31N5O2. The van der Waals surface area contributed by atoms with Crippen molar-refractivity contribution in [2.24, 2.45) is 5.41 Å². The van der Waals surface area contributed by atoms with Crippen LogP contribution < -0.4 is 10.6 Å². The number of amides is 2. The number of fused-ring (bicyclic) bond motifs is 1. The Morgan fingerprint density at radius 2 is 2.13 bits per heavy atom. The van der Waals surface area contributed by atoms with Crippen LogP contribution in [0.5, 0.6) is 0 Å². The van der Waals surface area contributed by atoms with Crippen molar-refractivity contribution in [3.8, 4) is 0 Å². The van der Waals surface area contributed by atoms with E-state index in [1.54, 1.807) is 0 Å². The summed E-state index contributed by atoms with van der Waals surface area (Å²) in [5, 5.41) is 10.7. The molecule has 30 heavy (non-hydrogen) atoms. The van der Waals surface area contributed by atoms with Crippen molar-refractivity contribution in [3.05, 3.63) is 53.3 Å². The number of hydrogen-bond donors (Lipinski definition) is 2. The minimum atomic E-state index is -0.588. The first-order valence-corrected chi connectivity index (χ1v) is 10.9. The molecule has 7 heteroatoms. The van der Waals surface area contributed by atoms with Crippen molar-refractivity contribution in [1.29, 1.82) is 0 Å². The molecule has 1 aromatic carbocycles. The fourth-order valence-corrected chi connectivity index (χ4v) is 4.88. The molecule has 2 aliphatic rings. The van der Waals surface area contributed by atoms with Crippen molar-refractivity contribution in [2.75, 3.05) is 13.1 Å². The number of benzene rings is 1. The number of nitrogens with one attached hydrogen (secondary N) is 2. The molecule has 0 spiro atoms. The molecular weight excluding hydrogens is 378 g/mol. The van der Waals surface area contributed by atoms with Crippen LogP contribution in [0.25, 0.3) is 0 Å². The van der Waals surface area contributed by atoms with Crippen molar-refractivity contribution >= 4 is 11.8 Å². The molecule has 0 saturated carbocycles. The second-order valence-corrected chi connectivity index (χ2v) is 8.51. The molecule has 2 amide bonds. The molecule has 160 valence electrons. The molecule has 2 fully saturated rings. The first kappa shape index (κ1) is 20.6. The molecule has 7 nitrogen and oxygen atoms in total. The monoisotopic (exact) mass is 409 g/mol. The smallest absolute Gasteiger partial charge is 0.229 e. The van der Waals surface area contributed by atoms with Gasteiger partial charge in [-0.1, -0.05) is 30.3 Å². The van der Waals surface area contributed by atoms with Gasteiger partial charge in [-0.15, -0.1) is 0 Å². The molecule has 0 aliphatic carbocycles. The lowest BCUT2D eigenvalue weighted by atomic mass is 9.69. The standard InChI is InChI=1S/C23H31N5O2/c1-3-28-17(2)19(14-25-28)15-27-12-10-20-23(16-27,11-9-21(29)26-20)22(30)24-13-18-7-5-4-6-8-18/h4-8,14,20H,3,9-13,15-16H2,1-2H3,(H,24,30)(H,26,29)/t20-,23+/m1/s1.